The molecule has 1 aromatic rings. The highest BCUT2D eigenvalue weighted by molar-refractivity contribution is 5.75. The smallest absolute Gasteiger partial charge is 0.207 e. The molecule has 2 heterocycles. The summed E-state index contributed by atoms with van der Waals surface area (Å²) in [7, 11) is 5.14. The van der Waals surface area contributed by atoms with Crippen LogP contribution in [0.5, 0.6) is 0 Å². The summed E-state index contributed by atoms with van der Waals surface area (Å²) in [4.78, 5) is 9.51. The molecule has 0 aromatic carbocycles. The largest absolute Gasteiger partial charge is 0.497 e. The number of carbonyl (C=O) groups excluding carboxylic acids is 1. The lowest BCUT2D eigenvalue weighted by Crippen LogP contribution is -2.37. The van der Waals surface area contributed by atoms with E-state index in [9.17, 15) is 4.79 Å². The fourth-order valence-corrected chi connectivity index (χ4v) is 3.33. The number of nitrogens with two attached hydrogens (primary N) is 2. The van der Waals surface area contributed by atoms with Crippen molar-refractivity contribution >= 4 is 17.8 Å². The van der Waals surface area contributed by atoms with Gasteiger partial charge >= 0.3 is 0 Å². The average Bonchev–Trinajstić information content (AvgIpc) is 3.30. The van der Waals surface area contributed by atoms with Gasteiger partial charge in [0.25, 0.3) is 0 Å². The summed E-state index contributed by atoms with van der Waals surface area (Å²) in [5.74, 6) is 1.68. The number of allylic oxidation sites excluding steroid dienone is 6. The molecule has 1 aliphatic rings. The third-order valence-electron chi connectivity index (χ3n) is 5.47. The van der Waals surface area contributed by atoms with Crippen LogP contribution >= 0.6 is 0 Å². The van der Waals surface area contributed by atoms with E-state index in [0.29, 0.717) is 43.1 Å². The molecule has 1 atom stereocenters. The molecule has 5 N–H and O–H groups in total. The molecule has 0 radical (unpaired) electrons. The zero-order valence-corrected chi connectivity index (χ0v) is 26.4. The van der Waals surface area contributed by atoms with E-state index in [4.69, 9.17) is 26.2 Å². The third kappa shape index (κ3) is 14.7. The van der Waals surface area contributed by atoms with Crippen LogP contribution in [-0.4, -0.2) is 58.2 Å². The van der Waals surface area contributed by atoms with E-state index in [1.54, 1.807) is 14.2 Å². The summed E-state index contributed by atoms with van der Waals surface area (Å²) in [6.45, 7) is 19.2. The van der Waals surface area contributed by atoms with Gasteiger partial charge in [-0.25, -0.2) is 0 Å². The van der Waals surface area contributed by atoms with Crippen LogP contribution in [-0.2, 0) is 19.0 Å². The molecule has 0 fully saturated rings. The fourth-order valence-electron chi connectivity index (χ4n) is 3.33. The maximum atomic E-state index is 9.51. The van der Waals surface area contributed by atoms with Gasteiger partial charge in [0.15, 0.2) is 0 Å². The average molecular weight is 583 g/mol. The monoisotopic (exact) mass is 582 g/mol. The minimum absolute atomic E-state index is 0.0117. The van der Waals surface area contributed by atoms with Crippen LogP contribution in [0.25, 0.3) is 5.70 Å². The number of fused-ring (bicyclic) bond motifs is 1. The highest BCUT2D eigenvalue weighted by Gasteiger charge is 2.23. The first-order valence-corrected chi connectivity index (χ1v) is 13.4. The second-order valence-electron chi connectivity index (χ2n) is 8.50. The number of methoxy groups -OCH3 is 2. The molecule has 1 aromatic heterocycles. The molecule has 10 heteroatoms. The Balaban J connectivity index is 0. The second kappa shape index (κ2) is 24.2. The van der Waals surface area contributed by atoms with E-state index in [0.717, 1.165) is 29.2 Å². The van der Waals surface area contributed by atoms with Crippen molar-refractivity contribution in [3.63, 3.8) is 0 Å². The minimum Gasteiger partial charge on any atom is -0.497 e. The van der Waals surface area contributed by atoms with Crippen molar-refractivity contribution in [3.05, 3.63) is 96.8 Å². The number of hydrogen-bond donors (Lipinski definition) is 3. The van der Waals surface area contributed by atoms with Gasteiger partial charge in [-0.1, -0.05) is 12.2 Å². The molecule has 232 valence electrons. The molecular formula is C32H50N6O4. The van der Waals surface area contributed by atoms with Gasteiger partial charge in [0.05, 0.1) is 55.2 Å². The molecule has 0 aliphatic carbocycles. The van der Waals surface area contributed by atoms with Gasteiger partial charge in [0.2, 0.25) is 6.41 Å². The van der Waals surface area contributed by atoms with E-state index in [-0.39, 0.29) is 6.10 Å². The first-order valence-electron chi connectivity index (χ1n) is 13.4. The Bertz CT molecular complexity index is 1140. The Hall–Kier alpha value is -4.62. The van der Waals surface area contributed by atoms with Gasteiger partial charge in [-0.2, -0.15) is 5.26 Å². The number of carbonyl (C=O) groups is 1. The lowest BCUT2D eigenvalue weighted by Gasteiger charge is -2.28. The number of amides is 1. The number of nitrogens with zero attached hydrogens (tertiary/aromatic N) is 3. The summed E-state index contributed by atoms with van der Waals surface area (Å²) < 4.78 is 17.4. The van der Waals surface area contributed by atoms with E-state index >= 15 is 0 Å². The number of anilines is 1. The van der Waals surface area contributed by atoms with Crippen LogP contribution in [0.2, 0.25) is 0 Å². The lowest BCUT2D eigenvalue weighted by molar-refractivity contribution is -0.109. The number of hydrogen-bond acceptors (Lipinski definition) is 8. The fraction of sp³-hybridized carbons (Fsp3) is 0.375. The number of nitrogens with one attached hydrogen (secondary N) is 1. The van der Waals surface area contributed by atoms with Crippen molar-refractivity contribution in [2.45, 2.75) is 40.2 Å². The number of nitriles is 1. The summed E-state index contributed by atoms with van der Waals surface area (Å²) in [6, 6.07) is 2.12. The number of rotatable bonds is 12. The van der Waals surface area contributed by atoms with Crippen LogP contribution in [0.3, 0.4) is 0 Å². The molecule has 0 saturated carbocycles. The van der Waals surface area contributed by atoms with Gasteiger partial charge in [-0.3, -0.25) is 9.47 Å². The molecular weight excluding hydrogens is 532 g/mol. The van der Waals surface area contributed by atoms with Crippen LogP contribution < -0.4 is 21.8 Å². The van der Waals surface area contributed by atoms with Crippen LogP contribution in [0.1, 0.15) is 38.4 Å². The maximum Gasteiger partial charge on any atom is 0.207 e. The van der Waals surface area contributed by atoms with E-state index in [2.05, 4.69) is 35.9 Å². The first kappa shape index (κ1) is 39.5. The molecule has 1 amide bonds. The quantitative estimate of drug-likeness (QED) is 0.104. The standard InChI is InChI=1S/C16H24O2.C10H13N5.C4H9NO2.C2H4/c1-6-9-11-16(10-7-2)18-14(4)12-13-15(8-3)17-5;1-6-8(12)5-15-10(6)9(13)7(3-11)4-14(15)2;1-7-3-2-5-4-6;1-2/h6-8,10-14H,1,9H2,2-5H3;5H,4,12-13H2,1-2H3;4H,2-3H2,1H3,(H,5,6);1-2H2/b10-7-,13-12-,15-8+,16-11+;;;. The molecule has 1 unspecified atom stereocenters. The summed E-state index contributed by atoms with van der Waals surface area (Å²) >= 11 is 0. The van der Waals surface area contributed by atoms with E-state index < -0.39 is 0 Å². The van der Waals surface area contributed by atoms with Crippen LogP contribution in [0, 0.1) is 18.3 Å². The normalized spacial score (nSPS) is 13.3. The zero-order valence-electron chi connectivity index (χ0n) is 26.4. The van der Waals surface area contributed by atoms with Crippen molar-refractivity contribution in [3.8, 4) is 6.07 Å². The molecule has 0 spiro atoms. The first-order chi connectivity index (χ1) is 20.1. The predicted molar refractivity (Wildman–Crippen MR) is 175 cm³/mol. The number of likely N-dealkylation sites (N-methyl/N-ethyl adjacent to an activating group) is 1. The van der Waals surface area contributed by atoms with Crippen LogP contribution in [0.4, 0.5) is 5.69 Å². The van der Waals surface area contributed by atoms with Gasteiger partial charge in [-0.15, -0.1) is 19.7 Å². The summed E-state index contributed by atoms with van der Waals surface area (Å²) in [5, 5.41) is 13.3. The predicted octanol–water partition coefficient (Wildman–Crippen LogP) is 4.87. The molecule has 1 aliphatic heterocycles. The van der Waals surface area contributed by atoms with Gasteiger partial charge in [0, 0.05) is 26.3 Å². The zero-order chi connectivity index (χ0) is 32.5. The molecule has 2 rings (SSSR count). The Morgan fingerprint density at radius 1 is 1.24 bits per heavy atom. The molecule has 0 saturated heterocycles. The maximum absolute atomic E-state index is 9.51. The van der Waals surface area contributed by atoms with E-state index in [1.807, 2.05) is 93.2 Å². The topological polar surface area (TPSA) is 141 Å². The highest BCUT2D eigenvalue weighted by atomic mass is 16.5. The Labute approximate surface area is 252 Å². The summed E-state index contributed by atoms with van der Waals surface area (Å²) in [6.07, 6.45) is 16.8. The Morgan fingerprint density at radius 2 is 1.90 bits per heavy atom. The number of ether oxygens (including phenoxy) is 3. The van der Waals surface area contributed by atoms with Gasteiger partial charge in [-0.05, 0) is 64.5 Å². The number of aromatic nitrogens is 1. The van der Waals surface area contributed by atoms with Crippen molar-refractivity contribution in [2.75, 3.05) is 51.7 Å². The van der Waals surface area contributed by atoms with E-state index in [1.165, 1.54) is 0 Å². The Kier molecular flexibility index (Phi) is 22.8. The summed E-state index contributed by atoms with van der Waals surface area (Å²) in [5.41, 5.74) is 15.3. The minimum atomic E-state index is -0.0117. The Morgan fingerprint density at radius 3 is 2.40 bits per heavy atom. The van der Waals surface area contributed by atoms with Gasteiger partial charge in [0.1, 0.15) is 17.6 Å². The van der Waals surface area contributed by atoms with Crippen LogP contribution in [0.15, 0.2) is 85.6 Å². The third-order valence-corrected chi connectivity index (χ3v) is 5.47. The van der Waals surface area contributed by atoms with Crippen molar-refractivity contribution in [1.29, 1.82) is 5.26 Å². The van der Waals surface area contributed by atoms with Gasteiger partial charge < -0.3 is 36.0 Å². The molecule has 42 heavy (non-hydrogen) atoms. The van der Waals surface area contributed by atoms with Crippen molar-refractivity contribution in [2.24, 2.45) is 5.73 Å². The molecule has 0 bridgehead atoms. The van der Waals surface area contributed by atoms with Crippen molar-refractivity contribution < 1.29 is 19.0 Å². The number of nitrogen functional groups attached to an aromatic ring is 1. The van der Waals surface area contributed by atoms with Crippen molar-refractivity contribution in [1.82, 2.24) is 9.99 Å². The lowest BCUT2D eigenvalue weighted by atomic mass is 10.1. The highest BCUT2D eigenvalue weighted by Crippen LogP contribution is 2.28. The second-order valence-corrected chi connectivity index (χ2v) is 8.50. The molecule has 10 nitrogen and oxygen atoms in total. The SMILES string of the molecule is C=C.C=CC/C=C(\C=C/C)OC(C)/C=C\C(=C/C)OC.COCCNC=O.Cc1c(N)cn2c1C(N)=C(C#N)CN2C.